The van der Waals surface area contributed by atoms with Crippen molar-refractivity contribution in [2.75, 3.05) is 20.1 Å². The Bertz CT molecular complexity index is 437. The van der Waals surface area contributed by atoms with Crippen LogP contribution in [-0.4, -0.2) is 52.9 Å². The molecular weight excluding hydrogens is 270 g/mol. The Hall–Kier alpha value is -0.650. The first-order chi connectivity index (χ1) is 8.47. The lowest BCUT2D eigenvalue weighted by molar-refractivity contribution is -0.136. The van der Waals surface area contributed by atoms with E-state index in [4.69, 9.17) is 11.6 Å². The van der Waals surface area contributed by atoms with Crippen molar-refractivity contribution in [2.24, 2.45) is 0 Å². The molecule has 0 spiro atoms. The summed E-state index contributed by atoms with van der Waals surface area (Å²) in [5.74, 6) is 0.147. The molecule has 0 aliphatic carbocycles. The van der Waals surface area contributed by atoms with Gasteiger partial charge in [0.2, 0.25) is 5.91 Å². The number of piperazine rings is 1. The summed E-state index contributed by atoms with van der Waals surface area (Å²) in [5.41, 5.74) is 0. The smallest absolute Gasteiger partial charge is 0.229 e. The molecule has 2 heterocycles. The molecule has 1 fully saturated rings. The van der Waals surface area contributed by atoms with Gasteiger partial charge in [0, 0.05) is 25.2 Å². The number of amides is 1. The normalized spacial score (nSPS) is 25.4. The largest absolute Gasteiger partial charge is 0.337 e. The summed E-state index contributed by atoms with van der Waals surface area (Å²) in [6.07, 6.45) is 1.96. The molecule has 1 aromatic rings. The fraction of sp³-hybridized carbons (Fsp3) is 0.667. The Morgan fingerprint density at radius 2 is 2.22 bits per heavy atom. The molecule has 1 amide bonds. The Kier molecular flexibility index (Phi) is 4.25. The lowest BCUT2D eigenvalue weighted by Crippen LogP contribution is -2.57. The summed E-state index contributed by atoms with van der Waals surface area (Å²) in [7, 11) is 2.10. The van der Waals surface area contributed by atoms with E-state index >= 15 is 0 Å². The van der Waals surface area contributed by atoms with Crippen LogP contribution in [0.25, 0.3) is 0 Å². The maximum absolute atomic E-state index is 12.3. The number of nitrogens with zero attached hydrogens (tertiary/aromatic N) is 3. The quantitative estimate of drug-likeness (QED) is 0.833. The first-order valence-electron chi connectivity index (χ1n) is 6.07. The Labute approximate surface area is 117 Å². The average Bonchev–Trinajstić information content (AvgIpc) is 2.69. The van der Waals surface area contributed by atoms with E-state index in [0.717, 1.165) is 18.1 Å². The van der Waals surface area contributed by atoms with Gasteiger partial charge in [0.25, 0.3) is 0 Å². The van der Waals surface area contributed by atoms with E-state index in [9.17, 15) is 4.79 Å². The summed E-state index contributed by atoms with van der Waals surface area (Å²) in [6.45, 7) is 5.95. The predicted octanol–water partition coefficient (Wildman–Crippen LogP) is 1.89. The minimum atomic E-state index is 0.147. The van der Waals surface area contributed by atoms with Gasteiger partial charge in [-0.05, 0) is 20.9 Å². The fourth-order valence-electron chi connectivity index (χ4n) is 2.25. The highest BCUT2D eigenvalue weighted by Gasteiger charge is 2.30. The Morgan fingerprint density at radius 1 is 1.50 bits per heavy atom. The van der Waals surface area contributed by atoms with E-state index < -0.39 is 0 Å². The van der Waals surface area contributed by atoms with Crippen LogP contribution in [0, 0.1) is 0 Å². The number of likely N-dealkylation sites (N-methyl/N-ethyl adjacent to an activating group) is 1. The summed E-state index contributed by atoms with van der Waals surface area (Å²) < 4.78 is 0.637. The number of carbonyl (C=O) groups is 1. The number of thiazole rings is 1. The molecule has 18 heavy (non-hydrogen) atoms. The van der Waals surface area contributed by atoms with E-state index in [2.05, 4.69) is 30.8 Å². The van der Waals surface area contributed by atoms with Crippen LogP contribution in [0.2, 0.25) is 4.34 Å². The van der Waals surface area contributed by atoms with E-state index in [1.54, 1.807) is 6.20 Å². The third-order valence-corrected chi connectivity index (χ3v) is 4.56. The second-order valence-electron chi connectivity index (χ2n) is 4.92. The monoisotopic (exact) mass is 287 g/mol. The first kappa shape index (κ1) is 13.8. The molecular formula is C12H18ClN3OS. The molecule has 100 valence electrons. The number of hydrogen-bond acceptors (Lipinski definition) is 4. The van der Waals surface area contributed by atoms with Gasteiger partial charge in [0.15, 0.2) is 0 Å². The van der Waals surface area contributed by atoms with E-state index in [0.29, 0.717) is 16.8 Å². The average molecular weight is 288 g/mol. The maximum atomic E-state index is 12.3. The topological polar surface area (TPSA) is 36.4 Å². The van der Waals surface area contributed by atoms with Crippen LogP contribution in [-0.2, 0) is 11.2 Å². The van der Waals surface area contributed by atoms with Crippen LogP contribution >= 0.6 is 22.9 Å². The molecule has 4 nitrogen and oxygen atoms in total. The van der Waals surface area contributed by atoms with Crippen LogP contribution in [0.5, 0.6) is 0 Å². The van der Waals surface area contributed by atoms with Gasteiger partial charge in [-0.15, -0.1) is 11.3 Å². The zero-order chi connectivity index (χ0) is 13.3. The van der Waals surface area contributed by atoms with Crippen LogP contribution in [0.1, 0.15) is 18.9 Å². The van der Waals surface area contributed by atoms with Gasteiger partial charge < -0.3 is 4.90 Å². The fourth-order valence-corrected chi connectivity index (χ4v) is 3.20. The van der Waals surface area contributed by atoms with E-state index in [1.807, 2.05) is 4.90 Å². The van der Waals surface area contributed by atoms with Crippen molar-refractivity contribution in [3.8, 4) is 0 Å². The maximum Gasteiger partial charge on any atom is 0.229 e. The van der Waals surface area contributed by atoms with Crippen molar-refractivity contribution >= 4 is 28.8 Å². The highest BCUT2D eigenvalue weighted by molar-refractivity contribution is 7.15. The molecule has 0 saturated carbocycles. The molecule has 2 rings (SSSR count). The molecule has 0 aromatic carbocycles. The van der Waals surface area contributed by atoms with Crippen molar-refractivity contribution in [1.29, 1.82) is 0 Å². The zero-order valence-corrected chi connectivity index (χ0v) is 12.5. The third kappa shape index (κ3) is 3.02. The van der Waals surface area contributed by atoms with E-state index in [1.165, 1.54) is 11.3 Å². The summed E-state index contributed by atoms with van der Waals surface area (Å²) in [4.78, 5) is 20.7. The number of rotatable bonds is 2. The lowest BCUT2D eigenvalue weighted by Gasteiger charge is -2.42. The number of carbonyl (C=O) groups excluding carboxylic acids is 1. The van der Waals surface area contributed by atoms with Crippen LogP contribution in [0.4, 0.5) is 0 Å². The highest BCUT2D eigenvalue weighted by Crippen LogP contribution is 2.20. The first-order valence-corrected chi connectivity index (χ1v) is 7.26. The van der Waals surface area contributed by atoms with Crippen molar-refractivity contribution in [1.82, 2.24) is 14.8 Å². The Morgan fingerprint density at radius 3 is 2.83 bits per heavy atom. The highest BCUT2D eigenvalue weighted by atomic mass is 35.5. The van der Waals surface area contributed by atoms with Crippen LogP contribution in [0.3, 0.4) is 0 Å². The molecule has 0 bridgehead atoms. The molecule has 1 aliphatic heterocycles. The SMILES string of the molecule is CC1CN(C(=O)Cc2ncc(Cl)s2)C(C)CN1C. The Balaban J connectivity index is 2.00. The van der Waals surface area contributed by atoms with Gasteiger partial charge in [-0.2, -0.15) is 0 Å². The molecule has 2 unspecified atom stereocenters. The molecule has 0 radical (unpaired) electrons. The van der Waals surface area contributed by atoms with Crippen molar-refractivity contribution in [2.45, 2.75) is 32.4 Å². The number of halogens is 1. The molecule has 6 heteroatoms. The van der Waals surface area contributed by atoms with Gasteiger partial charge in [-0.1, -0.05) is 11.6 Å². The summed E-state index contributed by atoms with van der Waals surface area (Å²) >= 11 is 7.20. The number of hydrogen-bond donors (Lipinski definition) is 0. The standard InChI is InChI=1S/C12H18ClN3OS/c1-8-7-16(9(2)6-15(8)3)12(17)4-11-14-5-10(13)18-11/h5,8-9H,4,6-7H2,1-3H3. The van der Waals surface area contributed by atoms with Crippen LogP contribution < -0.4 is 0 Å². The van der Waals surface area contributed by atoms with Crippen LogP contribution in [0.15, 0.2) is 6.20 Å². The molecule has 1 aliphatic rings. The van der Waals surface area contributed by atoms with Crippen molar-refractivity contribution in [3.05, 3.63) is 15.5 Å². The van der Waals surface area contributed by atoms with Crippen molar-refractivity contribution in [3.63, 3.8) is 0 Å². The number of aromatic nitrogens is 1. The zero-order valence-electron chi connectivity index (χ0n) is 10.9. The molecule has 2 atom stereocenters. The summed E-state index contributed by atoms with van der Waals surface area (Å²) in [6, 6.07) is 0.666. The third-order valence-electron chi connectivity index (χ3n) is 3.45. The second-order valence-corrected chi connectivity index (χ2v) is 6.67. The van der Waals surface area contributed by atoms with E-state index in [-0.39, 0.29) is 11.9 Å². The lowest BCUT2D eigenvalue weighted by atomic mass is 10.1. The van der Waals surface area contributed by atoms with Crippen molar-refractivity contribution < 1.29 is 4.79 Å². The van der Waals surface area contributed by atoms with Gasteiger partial charge in [0.05, 0.1) is 12.6 Å². The predicted molar refractivity (Wildman–Crippen MR) is 74.1 cm³/mol. The second kappa shape index (κ2) is 5.55. The summed E-state index contributed by atoms with van der Waals surface area (Å²) in [5, 5.41) is 0.795. The molecule has 1 saturated heterocycles. The molecule has 1 aromatic heterocycles. The van der Waals surface area contributed by atoms with Gasteiger partial charge in [0.1, 0.15) is 9.34 Å². The van der Waals surface area contributed by atoms with Gasteiger partial charge in [-0.3, -0.25) is 9.69 Å². The van der Waals surface area contributed by atoms with Gasteiger partial charge in [-0.25, -0.2) is 4.98 Å². The molecule has 0 N–H and O–H groups in total. The minimum Gasteiger partial charge on any atom is -0.337 e. The minimum absolute atomic E-state index is 0.147. The van der Waals surface area contributed by atoms with Gasteiger partial charge >= 0.3 is 0 Å².